The quantitative estimate of drug-likeness (QED) is 0.140. The fourth-order valence-electron chi connectivity index (χ4n) is 4.54. The molecule has 12 nitrogen and oxygen atoms in total. The van der Waals surface area contributed by atoms with Crippen LogP contribution in [0.25, 0.3) is 0 Å². The van der Waals surface area contributed by atoms with Gasteiger partial charge in [-0.3, -0.25) is 24.5 Å². The molecule has 1 fully saturated rings. The summed E-state index contributed by atoms with van der Waals surface area (Å²) in [6.07, 6.45) is 3.78. The van der Waals surface area contributed by atoms with Gasteiger partial charge in [0, 0.05) is 19.5 Å². The van der Waals surface area contributed by atoms with E-state index in [0.29, 0.717) is 58.2 Å². The minimum Gasteiger partial charge on any atom is -0.480 e. The number of aryl methyl sites for hydroxylation is 1. The number of carboxylic acids is 2. The Labute approximate surface area is 228 Å². The van der Waals surface area contributed by atoms with E-state index >= 15 is 0 Å². The Kier molecular flexibility index (Phi) is 13.9. The van der Waals surface area contributed by atoms with E-state index in [1.165, 1.54) is 4.90 Å². The summed E-state index contributed by atoms with van der Waals surface area (Å²) in [7, 11) is 0. The van der Waals surface area contributed by atoms with Gasteiger partial charge in [-0.15, -0.1) is 0 Å². The average molecular weight is 548 g/mol. The number of nitrogens with two attached hydrogens (primary N) is 1. The molecule has 0 aromatic heterocycles. The van der Waals surface area contributed by atoms with Gasteiger partial charge in [0.25, 0.3) is 0 Å². The molecule has 3 amide bonds. The van der Waals surface area contributed by atoms with Crippen LogP contribution in [0.3, 0.4) is 0 Å². The summed E-state index contributed by atoms with van der Waals surface area (Å²) in [6.45, 7) is 0.880. The van der Waals surface area contributed by atoms with Gasteiger partial charge in [0.15, 0.2) is 0 Å². The van der Waals surface area contributed by atoms with E-state index in [1.54, 1.807) is 0 Å². The first-order chi connectivity index (χ1) is 18.7. The van der Waals surface area contributed by atoms with Crippen LogP contribution in [0.4, 0.5) is 0 Å². The predicted molar refractivity (Wildman–Crippen MR) is 144 cm³/mol. The third kappa shape index (κ3) is 11.4. The van der Waals surface area contributed by atoms with E-state index < -0.39 is 36.0 Å². The van der Waals surface area contributed by atoms with Crippen molar-refractivity contribution in [3.05, 3.63) is 35.9 Å². The number of nitrogens with zero attached hydrogens (tertiary/aromatic N) is 1. The first kappa shape index (κ1) is 31.7. The number of carbonyl (C=O) groups is 5. The molecule has 216 valence electrons. The van der Waals surface area contributed by atoms with E-state index in [0.717, 1.165) is 5.56 Å². The van der Waals surface area contributed by atoms with Crippen LogP contribution in [0.2, 0.25) is 0 Å². The fourth-order valence-corrected chi connectivity index (χ4v) is 4.54. The van der Waals surface area contributed by atoms with Gasteiger partial charge in [0.05, 0.1) is 12.6 Å². The lowest BCUT2D eigenvalue weighted by molar-refractivity contribution is -0.149. The number of rotatable bonds is 18. The van der Waals surface area contributed by atoms with Gasteiger partial charge in [-0.25, -0.2) is 4.79 Å². The lowest BCUT2D eigenvalue weighted by Gasteiger charge is -2.29. The topological polar surface area (TPSA) is 191 Å². The van der Waals surface area contributed by atoms with Crippen LogP contribution in [0.1, 0.15) is 56.9 Å². The van der Waals surface area contributed by atoms with Crippen molar-refractivity contribution in [3.63, 3.8) is 0 Å². The van der Waals surface area contributed by atoms with Crippen molar-refractivity contribution < 1.29 is 34.2 Å². The molecule has 1 aromatic carbocycles. The second-order valence-corrected chi connectivity index (χ2v) is 9.68. The number of amides is 3. The highest BCUT2D eigenvalue weighted by Gasteiger charge is 2.38. The van der Waals surface area contributed by atoms with Gasteiger partial charge < -0.3 is 31.5 Å². The van der Waals surface area contributed by atoms with Crippen molar-refractivity contribution in [1.29, 1.82) is 0 Å². The van der Waals surface area contributed by atoms with E-state index in [-0.39, 0.29) is 37.6 Å². The molecular formula is C27H41N5O7. The van der Waals surface area contributed by atoms with Crippen LogP contribution < -0.4 is 21.7 Å². The molecule has 1 aliphatic rings. The highest BCUT2D eigenvalue weighted by molar-refractivity contribution is 5.88. The number of carbonyl (C=O) groups excluding carboxylic acids is 3. The number of hydrogen-bond acceptors (Lipinski definition) is 7. The highest BCUT2D eigenvalue weighted by Crippen LogP contribution is 2.20. The molecule has 2 unspecified atom stereocenters. The highest BCUT2D eigenvalue weighted by atomic mass is 16.4. The van der Waals surface area contributed by atoms with Crippen LogP contribution in [0, 0.1) is 0 Å². The number of aliphatic carboxylic acids is 2. The molecule has 0 spiro atoms. The first-order valence-electron chi connectivity index (χ1n) is 13.5. The molecule has 0 bridgehead atoms. The lowest BCUT2D eigenvalue weighted by Crippen LogP contribution is -2.54. The zero-order chi connectivity index (χ0) is 28.6. The molecule has 39 heavy (non-hydrogen) atoms. The number of likely N-dealkylation sites (tertiary alicyclic amines) is 1. The molecule has 1 aliphatic heterocycles. The number of nitrogens with one attached hydrogen (secondary N) is 3. The fraction of sp³-hybridized carbons (Fsp3) is 0.593. The first-order valence-corrected chi connectivity index (χ1v) is 13.5. The molecule has 0 aliphatic carbocycles. The van der Waals surface area contributed by atoms with Gasteiger partial charge in [0.1, 0.15) is 12.1 Å². The van der Waals surface area contributed by atoms with Crippen LogP contribution >= 0.6 is 0 Å². The second kappa shape index (κ2) is 17.2. The van der Waals surface area contributed by atoms with Gasteiger partial charge in [-0.1, -0.05) is 30.3 Å². The number of carboxylic acid groups (broad SMARTS) is 2. The standard InChI is InChI=1S/C27H41N5O7/c28-15-6-12-23(33)30-18-24(34)29-16-5-4-10-20(25(35)32-17-7-11-22(32)27(38)39)31-21(26(36)37)14-13-19-8-2-1-3-9-19/h1-3,8-9,20-22,31H,4-7,10-18,28H2,(H,29,34)(H,30,33)(H,36,37)(H,38,39)/t20-,21?,22?/m0/s1. The lowest BCUT2D eigenvalue weighted by atomic mass is 10.0. The smallest absolute Gasteiger partial charge is 0.326 e. The maximum Gasteiger partial charge on any atom is 0.326 e. The van der Waals surface area contributed by atoms with E-state index in [4.69, 9.17) is 5.73 Å². The Morgan fingerprint density at radius 1 is 0.949 bits per heavy atom. The molecule has 0 saturated carbocycles. The average Bonchev–Trinajstić information content (AvgIpc) is 3.42. The number of benzene rings is 1. The largest absolute Gasteiger partial charge is 0.480 e. The van der Waals surface area contributed by atoms with Crippen LogP contribution in [-0.4, -0.2) is 89.1 Å². The zero-order valence-corrected chi connectivity index (χ0v) is 22.3. The van der Waals surface area contributed by atoms with Crippen molar-refractivity contribution in [2.24, 2.45) is 5.73 Å². The molecule has 0 radical (unpaired) electrons. The summed E-state index contributed by atoms with van der Waals surface area (Å²) < 4.78 is 0. The molecule has 1 saturated heterocycles. The summed E-state index contributed by atoms with van der Waals surface area (Å²) in [5.74, 6) is -3.16. The van der Waals surface area contributed by atoms with Crippen LogP contribution in [-0.2, 0) is 30.4 Å². The monoisotopic (exact) mass is 547 g/mol. The predicted octanol–water partition coefficient (Wildman–Crippen LogP) is 0.248. The van der Waals surface area contributed by atoms with Gasteiger partial charge in [-0.05, 0) is 63.5 Å². The maximum absolute atomic E-state index is 13.4. The summed E-state index contributed by atoms with van der Waals surface area (Å²) in [4.78, 5) is 61.9. The molecule has 12 heteroatoms. The second-order valence-electron chi connectivity index (χ2n) is 9.68. The minimum atomic E-state index is -1.08. The van der Waals surface area contributed by atoms with Crippen molar-refractivity contribution in [2.75, 3.05) is 26.2 Å². The Morgan fingerprint density at radius 3 is 2.36 bits per heavy atom. The molecule has 7 N–H and O–H groups in total. The van der Waals surface area contributed by atoms with Crippen molar-refractivity contribution in [1.82, 2.24) is 20.9 Å². The van der Waals surface area contributed by atoms with E-state index in [9.17, 15) is 34.2 Å². The summed E-state index contributed by atoms with van der Waals surface area (Å²) in [5, 5.41) is 27.6. The van der Waals surface area contributed by atoms with E-state index in [2.05, 4.69) is 16.0 Å². The molecular weight excluding hydrogens is 506 g/mol. The Morgan fingerprint density at radius 2 is 1.69 bits per heavy atom. The third-order valence-electron chi connectivity index (χ3n) is 6.68. The number of unbranched alkanes of at least 4 members (excludes halogenated alkanes) is 1. The Hall–Kier alpha value is -3.51. The summed E-state index contributed by atoms with van der Waals surface area (Å²) in [5.41, 5.74) is 6.34. The minimum absolute atomic E-state index is 0.140. The zero-order valence-electron chi connectivity index (χ0n) is 22.3. The third-order valence-corrected chi connectivity index (χ3v) is 6.68. The molecule has 2 rings (SSSR count). The van der Waals surface area contributed by atoms with Crippen LogP contribution in [0.5, 0.6) is 0 Å². The summed E-state index contributed by atoms with van der Waals surface area (Å²) >= 11 is 0. The normalized spacial score (nSPS) is 16.3. The van der Waals surface area contributed by atoms with Crippen molar-refractivity contribution in [3.8, 4) is 0 Å². The van der Waals surface area contributed by atoms with Gasteiger partial charge in [0.2, 0.25) is 17.7 Å². The summed E-state index contributed by atoms with van der Waals surface area (Å²) in [6, 6.07) is 6.65. The van der Waals surface area contributed by atoms with Gasteiger partial charge in [-0.2, -0.15) is 0 Å². The number of hydrogen-bond donors (Lipinski definition) is 6. The van der Waals surface area contributed by atoms with Crippen molar-refractivity contribution >= 4 is 29.7 Å². The maximum atomic E-state index is 13.4. The van der Waals surface area contributed by atoms with Gasteiger partial charge >= 0.3 is 11.9 Å². The van der Waals surface area contributed by atoms with E-state index in [1.807, 2.05) is 30.3 Å². The molecule has 1 heterocycles. The Bertz CT molecular complexity index is 959. The SMILES string of the molecule is NCCCC(=O)NCC(=O)NCCCC[C@H](NC(CCc1ccccc1)C(=O)O)C(=O)N1CCCC1C(=O)O. The Balaban J connectivity index is 1.93. The van der Waals surface area contributed by atoms with Crippen LogP contribution in [0.15, 0.2) is 30.3 Å². The molecule has 3 atom stereocenters. The van der Waals surface area contributed by atoms with Crippen molar-refractivity contribution in [2.45, 2.75) is 75.9 Å². The molecule has 1 aromatic rings.